The molecule has 0 aliphatic carbocycles. The largest absolute Gasteiger partial charge is 0.396 e. The van der Waals surface area contributed by atoms with Gasteiger partial charge in [-0.05, 0) is 51.2 Å². The smallest absolute Gasteiger partial charge is 0.247 e. The number of carbonyl (C=O) groups excluding carboxylic acids is 3. The quantitative estimate of drug-likeness (QED) is 0.237. The highest BCUT2D eigenvalue weighted by molar-refractivity contribution is 8.02. The molecule has 4 heterocycles. The van der Waals surface area contributed by atoms with Gasteiger partial charge in [0.25, 0.3) is 0 Å². The lowest BCUT2D eigenvalue weighted by molar-refractivity contribution is -0.143. The first-order chi connectivity index (χ1) is 21.3. The number of likely N-dealkylation sites (tertiary alicyclic amines) is 1. The van der Waals surface area contributed by atoms with Crippen LogP contribution in [0.2, 0.25) is 0 Å². The summed E-state index contributed by atoms with van der Waals surface area (Å²) >= 11 is 1.71. The monoisotopic (exact) mass is 624 g/mol. The number of hydrogen-bond donors (Lipinski definition) is 1. The van der Waals surface area contributed by atoms with E-state index < -0.39 is 27.4 Å². The molecule has 0 radical (unpaired) electrons. The standard InChI is InChI=1S/C34H48N4O5S/c1-4-16-36(20-19-35-21-24-43-25-22-35)32(42)29-34-15-14-33(3,44-34)27(28(34)31(41)38(29)18-10-7-11-23-39)30(40)37(17-5-2)26-12-8-6-9-13-26/h4-6,8-9,12-13,27-29,39H,1-2,7,10-11,14-25H2,3H3/t27-,28+,29?,33+,34?/m1/s1. The van der Waals surface area contributed by atoms with Gasteiger partial charge in [0.15, 0.2) is 0 Å². The van der Waals surface area contributed by atoms with E-state index in [0.29, 0.717) is 52.2 Å². The molecule has 0 saturated carbocycles. The Morgan fingerprint density at radius 3 is 2.45 bits per heavy atom. The van der Waals surface area contributed by atoms with E-state index in [-0.39, 0.29) is 24.3 Å². The molecule has 4 saturated heterocycles. The number of thioether (sulfide) groups is 1. The van der Waals surface area contributed by atoms with E-state index >= 15 is 0 Å². The molecule has 1 N–H and O–H groups in total. The lowest BCUT2D eigenvalue weighted by atomic mass is 9.66. The van der Waals surface area contributed by atoms with E-state index in [1.807, 2.05) is 35.2 Å². The van der Waals surface area contributed by atoms with Crippen LogP contribution in [0.4, 0.5) is 5.69 Å². The minimum Gasteiger partial charge on any atom is -0.396 e. The average molecular weight is 625 g/mol. The zero-order valence-corrected chi connectivity index (χ0v) is 26.9. The molecule has 5 atom stereocenters. The SMILES string of the molecule is C=CCN(CCN1CCOCC1)C(=O)C1N(CCCCCO)C(=O)[C@@H]2[C@H](C(=O)N(CC=C)c3ccccc3)[C@]3(C)CCC12S3. The number of benzene rings is 1. The number of fused-ring (bicyclic) bond motifs is 1. The molecule has 2 bridgehead atoms. The van der Waals surface area contributed by atoms with Crippen LogP contribution in [0.5, 0.6) is 0 Å². The van der Waals surface area contributed by atoms with Crippen molar-refractivity contribution in [1.82, 2.24) is 14.7 Å². The Bertz CT molecular complexity index is 1210. The van der Waals surface area contributed by atoms with Crippen molar-refractivity contribution in [3.63, 3.8) is 0 Å². The first-order valence-electron chi connectivity index (χ1n) is 16.1. The van der Waals surface area contributed by atoms with Crippen LogP contribution in [0.3, 0.4) is 0 Å². The molecular weight excluding hydrogens is 576 g/mol. The Kier molecular flexibility index (Phi) is 10.6. The van der Waals surface area contributed by atoms with Crippen molar-refractivity contribution in [2.75, 3.05) is 70.5 Å². The summed E-state index contributed by atoms with van der Waals surface area (Å²) in [5.74, 6) is -1.33. The van der Waals surface area contributed by atoms with Gasteiger partial charge in [-0.2, -0.15) is 0 Å². The van der Waals surface area contributed by atoms with Gasteiger partial charge in [-0.25, -0.2) is 0 Å². The Hall–Kier alpha value is -2.66. The third-order valence-electron chi connectivity index (χ3n) is 9.93. The summed E-state index contributed by atoms with van der Waals surface area (Å²) in [6, 6.07) is 8.92. The molecule has 0 aromatic heterocycles. The Morgan fingerprint density at radius 1 is 1.05 bits per heavy atom. The van der Waals surface area contributed by atoms with Gasteiger partial charge < -0.3 is 24.5 Å². The first-order valence-corrected chi connectivity index (χ1v) is 16.9. The van der Waals surface area contributed by atoms with Gasteiger partial charge in [0.2, 0.25) is 17.7 Å². The van der Waals surface area contributed by atoms with Crippen molar-refractivity contribution < 1.29 is 24.2 Å². The summed E-state index contributed by atoms with van der Waals surface area (Å²) in [4.78, 5) is 51.5. The topological polar surface area (TPSA) is 93.6 Å². The molecule has 1 aromatic carbocycles. The number of anilines is 1. The lowest BCUT2D eigenvalue weighted by Crippen LogP contribution is -2.56. The van der Waals surface area contributed by atoms with Crippen molar-refractivity contribution in [1.29, 1.82) is 0 Å². The van der Waals surface area contributed by atoms with E-state index in [1.54, 1.807) is 33.7 Å². The summed E-state index contributed by atoms with van der Waals surface area (Å²) in [5.41, 5.74) is 0.780. The highest BCUT2D eigenvalue weighted by Crippen LogP contribution is 2.71. The van der Waals surface area contributed by atoms with Gasteiger partial charge in [-0.15, -0.1) is 24.9 Å². The van der Waals surface area contributed by atoms with Gasteiger partial charge in [-0.1, -0.05) is 30.4 Å². The average Bonchev–Trinajstić information content (AvgIpc) is 3.61. The molecular formula is C34H48N4O5S. The second kappa shape index (κ2) is 14.2. The molecule has 44 heavy (non-hydrogen) atoms. The number of unbranched alkanes of at least 4 members (excludes halogenated alkanes) is 2. The molecule has 2 unspecified atom stereocenters. The zero-order chi connectivity index (χ0) is 31.3. The fraction of sp³-hybridized carbons (Fsp3) is 0.618. The summed E-state index contributed by atoms with van der Waals surface area (Å²) in [6.45, 7) is 15.6. The minimum atomic E-state index is -0.671. The maximum absolute atomic E-state index is 14.7. The Morgan fingerprint density at radius 2 is 1.77 bits per heavy atom. The number of carbonyl (C=O) groups is 3. The van der Waals surface area contributed by atoms with Gasteiger partial charge in [0.1, 0.15) is 6.04 Å². The van der Waals surface area contributed by atoms with Gasteiger partial charge >= 0.3 is 0 Å². The first kappa shape index (κ1) is 32.7. The van der Waals surface area contributed by atoms with E-state index in [2.05, 4.69) is 25.0 Å². The summed E-state index contributed by atoms with van der Waals surface area (Å²) in [7, 11) is 0. The lowest BCUT2D eigenvalue weighted by Gasteiger charge is -2.38. The minimum absolute atomic E-state index is 0.0491. The van der Waals surface area contributed by atoms with Crippen molar-refractivity contribution in [2.45, 2.75) is 54.6 Å². The Labute approximate surface area is 266 Å². The van der Waals surface area contributed by atoms with Crippen molar-refractivity contribution in [3.8, 4) is 0 Å². The fourth-order valence-electron chi connectivity index (χ4n) is 7.83. The van der Waals surface area contributed by atoms with Crippen LogP contribution in [0.15, 0.2) is 55.6 Å². The third kappa shape index (κ3) is 6.10. The van der Waals surface area contributed by atoms with Crippen LogP contribution < -0.4 is 4.90 Å². The van der Waals surface area contributed by atoms with Gasteiger partial charge in [0.05, 0.1) is 29.8 Å². The number of rotatable bonds is 15. The number of aliphatic hydroxyl groups excluding tert-OH is 1. The van der Waals surface area contributed by atoms with Crippen LogP contribution >= 0.6 is 11.8 Å². The number of ether oxygens (including phenoxy) is 1. The van der Waals surface area contributed by atoms with Crippen LogP contribution in [-0.2, 0) is 19.1 Å². The number of hydrogen-bond acceptors (Lipinski definition) is 7. The fourth-order valence-corrected chi connectivity index (χ4v) is 10.2. The molecule has 240 valence electrons. The van der Waals surface area contributed by atoms with Crippen molar-refractivity contribution in [2.24, 2.45) is 11.8 Å². The number of nitrogens with zero attached hydrogens (tertiary/aromatic N) is 4. The highest BCUT2D eigenvalue weighted by atomic mass is 32.2. The molecule has 3 amide bonds. The van der Waals surface area contributed by atoms with Crippen LogP contribution in [0, 0.1) is 11.8 Å². The van der Waals surface area contributed by atoms with Crippen LogP contribution in [0.1, 0.15) is 39.0 Å². The third-order valence-corrected chi connectivity index (χ3v) is 11.9. The van der Waals surface area contributed by atoms with Crippen molar-refractivity contribution >= 4 is 35.2 Å². The number of amides is 3. The molecule has 1 spiro atoms. The molecule has 1 aromatic rings. The maximum atomic E-state index is 14.7. The summed E-state index contributed by atoms with van der Waals surface area (Å²) in [6.07, 6.45) is 7.08. The normalized spacial score (nSPS) is 29.5. The van der Waals surface area contributed by atoms with Gasteiger partial charge in [0, 0.05) is 62.9 Å². The summed E-state index contributed by atoms with van der Waals surface area (Å²) in [5, 5.41) is 9.36. The van der Waals surface area contributed by atoms with E-state index in [0.717, 1.165) is 44.6 Å². The second-order valence-corrected chi connectivity index (χ2v) is 14.5. The van der Waals surface area contributed by atoms with Crippen LogP contribution in [-0.4, -0.2) is 119 Å². The predicted molar refractivity (Wildman–Crippen MR) is 174 cm³/mol. The molecule has 10 heteroatoms. The Balaban J connectivity index is 1.48. The molecule has 5 rings (SSSR count). The van der Waals surface area contributed by atoms with Crippen LogP contribution in [0.25, 0.3) is 0 Å². The number of morpholine rings is 1. The predicted octanol–water partition coefficient (Wildman–Crippen LogP) is 3.20. The zero-order valence-electron chi connectivity index (χ0n) is 26.1. The maximum Gasteiger partial charge on any atom is 0.247 e. The number of aliphatic hydroxyl groups is 1. The van der Waals surface area contributed by atoms with E-state index in [9.17, 15) is 19.5 Å². The molecule has 4 aliphatic heterocycles. The highest BCUT2D eigenvalue weighted by Gasteiger charge is 2.77. The summed E-state index contributed by atoms with van der Waals surface area (Å²) < 4.78 is 4.38. The van der Waals surface area contributed by atoms with E-state index in [4.69, 9.17) is 4.74 Å². The molecule has 9 nitrogen and oxygen atoms in total. The molecule has 4 aliphatic rings. The van der Waals surface area contributed by atoms with E-state index in [1.165, 1.54) is 0 Å². The van der Waals surface area contributed by atoms with Gasteiger partial charge in [-0.3, -0.25) is 19.3 Å². The second-order valence-electron chi connectivity index (χ2n) is 12.6. The van der Waals surface area contributed by atoms with Crippen molar-refractivity contribution in [3.05, 3.63) is 55.6 Å². The molecule has 4 fully saturated rings. The number of para-hydroxylation sites is 1.